The van der Waals surface area contributed by atoms with Crippen molar-refractivity contribution in [3.05, 3.63) is 35.9 Å². The van der Waals surface area contributed by atoms with Gasteiger partial charge in [0.05, 0.1) is 18.8 Å². The Kier molecular flexibility index (Phi) is 9.34. The summed E-state index contributed by atoms with van der Waals surface area (Å²) in [5.41, 5.74) is 0.0900. The summed E-state index contributed by atoms with van der Waals surface area (Å²) in [5, 5.41) is 14.2. The van der Waals surface area contributed by atoms with Gasteiger partial charge in [0.25, 0.3) is 0 Å². The quantitative estimate of drug-likeness (QED) is 0.532. The van der Waals surface area contributed by atoms with Crippen molar-refractivity contribution in [3.63, 3.8) is 0 Å². The molecule has 1 heterocycles. The van der Waals surface area contributed by atoms with Crippen LogP contribution in [-0.4, -0.2) is 66.9 Å². The van der Waals surface area contributed by atoms with E-state index >= 15 is 0 Å². The molecule has 2 N–H and O–H groups in total. The van der Waals surface area contributed by atoms with Crippen molar-refractivity contribution in [3.8, 4) is 0 Å². The van der Waals surface area contributed by atoms with Crippen molar-refractivity contribution in [1.82, 2.24) is 10.2 Å². The van der Waals surface area contributed by atoms with Gasteiger partial charge in [0, 0.05) is 20.2 Å². The fourth-order valence-electron chi connectivity index (χ4n) is 5.04. The van der Waals surface area contributed by atoms with Crippen LogP contribution in [0.3, 0.4) is 0 Å². The van der Waals surface area contributed by atoms with Gasteiger partial charge < -0.3 is 24.6 Å². The van der Waals surface area contributed by atoms with Crippen molar-refractivity contribution < 1.29 is 24.1 Å². The number of aliphatic hydroxyl groups excluding tert-OH is 1. The van der Waals surface area contributed by atoms with Gasteiger partial charge in [-0.25, -0.2) is 4.79 Å². The number of ether oxygens (including phenoxy) is 3. The molecule has 32 heavy (non-hydrogen) atoms. The lowest BCUT2D eigenvalue weighted by atomic mass is 9.83. The summed E-state index contributed by atoms with van der Waals surface area (Å²) in [6.45, 7) is 5.60. The number of carbonyl (C=O) groups excluding carboxylic acids is 1. The highest BCUT2D eigenvalue weighted by Crippen LogP contribution is 2.40. The lowest BCUT2D eigenvalue weighted by Gasteiger charge is -2.35. The maximum absolute atomic E-state index is 13.3. The van der Waals surface area contributed by atoms with Crippen LogP contribution < -0.4 is 5.32 Å². The third kappa shape index (κ3) is 6.67. The van der Waals surface area contributed by atoms with E-state index in [0.29, 0.717) is 25.6 Å². The minimum Gasteiger partial charge on any atom is -0.444 e. The van der Waals surface area contributed by atoms with Crippen LogP contribution >= 0.6 is 0 Å². The molecule has 3 atom stereocenters. The van der Waals surface area contributed by atoms with E-state index in [1.807, 2.05) is 44.2 Å². The third-order valence-electron chi connectivity index (χ3n) is 6.63. The molecule has 1 saturated heterocycles. The van der Waals surface area contributed by atoms with Crippen LogP contribution in [0, 0.1) is 5.92 Å². The normalized spacial score (nSPS) is 24.4. The van der Waals surface area contributed by atoms with E-state index in [1.165, 1.54) is 32.1 Å². The van der Waals surface area contributed by atoms with Crippen LogP contribution in [0.4, 0.5) is 4.79 Å². The fraction of sp³-hybridized carbons (Fsp3) is 0.720. The van der Waals surface area contributed by atoms with Crippen LogP contribution in [0.5, 0.6) is 0 Å². The Bertz CT molecular complexity index is 693. The molecule has 7 nitrogen and oxygen atoms in total. The minimum atomic E-state index is -0.856. The number of rotatable bonds is 10. The molecule has 0 spiro atoms. The molecule has 0 aromatic heterocycles. The monoisotopic (exact) mass is 448 g/mol. The van der Waals surface area contributed by atoms with Crippen LogP contribution in [0.1, 0.15) is 57.9 Å². The number of nitrogens with one attached hydrogen (secondary N) is 1. The van der Waals surface area contributed by atoms with E-state index in [-0.39, 0.29) is 18.7 Å². The van der Waals surface area contributed by atoms with Gasteiger partial charge >= 0.3 is 6.09 Å². The zero-order chi connectivity index (χ0) is 23.0. The van der Waals surface area contributed by atoms with E-state index in [1.54, 1.807) is 12.0 Å². The maximum Gasteiger partial charge on any atom is 0.412 e. The number of amides is 1. The van der Waals surface area contributed by atoms with Gasteiger partial charge in [0.15, 0.2) is 0 Å². The summed E-state index contributed by atoms with van der Waals surface area (Å²) in [6.07, 6.45) is 5.31. The molecular weight excluding hydrogens is 408 g/mol. The Morgan fingerprint density at radius 2 is 1.97 bits per heavy atom. The molecule has 3 rings (SSSR count). The Hall–Kier alpha value is -1.67. The summed E-state index contributed by atoms with van der Waals surface area (Å²) in [5.74, 6) is 0.534. The predicted molar refractivity (Wildman–Crippen MR) is 123 cm³/mol. The number of methoxy groups -OCH3 is 1. The SMILES string of the molecule is COCCNC[C@@H](O)[C@H]1OC(C)(C)N(C(=O)OCc2ccccc2)[C@H]1CC1CCCCC1. The smallest absolute Gasteiger partial charge is 0.412 e. The Labute approximate surface area is 192 Å². The molecule has 0 unspecified atom stereocenters. The zero-order valence-corrected chi connectivity index (χ0v) is 19.8. The molecule has 1 aromatic rings. The largest absolute Gasteiger partial charge is 0.444 e. The number of benzene rings is 1. The highest BCUT2D eigenvalue weighted by Gasteiger charge is 2.53. The highest BCUT2D eigenvalue weighted by molar-refractivity contribution is 5.69. The van der Waals surface area contributed by atoms with Crippen molar-refractivity contribution in [2.24, 2.45) is 5.92 Å². The molecule has 1 aliphatic heterocycles. The number of hydrogen-bond donors (Lipinski definition) is 2. The van der Waals surface area contributed by atoms with Gasteiger partial charge in [-0.1, -0.05) is 62.4 Å². The van der Waals surface area contributed by atoms with E-state index in [9.17, 15) is 9.90 Å². The molecule has 1 aliphatic carbocycles. The Balaban J connectivity index is 1.72. The first-order chi connectivity index (χ1) is 15.4. The molecule has 2 aliphatic rings. The summed E-state index contributed by atoms with van der Waals surface area (Å²) >= 11 is 0. The third-order valence-corrected chi connectivity index (χ3v) is 6.63. The first-order valence-corrected chi connectivity index (χ1v) is 12.0. The lowest BCUT2D eigenvalue weighted by molar-refractivity contribution is -0.0988. The number of hydrogen-bond acceptors (Lipinski definition) is 6. The van der Waals surface area contributed by atoms with Crippen LogP contribution in [0.25, 0.3) is 0 Å². The highest BCUT2D eigenvalue weighted by atomic mass is 16.6. The molecule has 1 aromatic carbocycles. The predicted octanol–water partition coefficient (Wildman–Crippen LogP) is 3.70. The molecule has 0 radical (unpaired) electrons. The van der Waals surface area contributed by atoms with Gasteiger partial charge in [0.1, 0.15) is 18.4 Å². The molecule has 1 amide bonds. The van der Waals surface area contributed by atoms with Crippen LogP contribution in [0.15, 0.2) is 30.3 Å². The molecule has 2 fully saturated rings. The van der Waals surface area contributed by atoms with Gasteiger partial charge in [-0.15, -0.1) is 0 Å². The maximum atomic E-state index is 13.3. The van der Waals surface area contributed by atoms with Crippen LogP contribution in [-0.2, 0) is 20.8 Å². The first-order valence-electron chi connectivity index (χ1n) is 12.0. The number of nitrogens with zero attached hydrogens (tertiary/aromatic N) is 1. The van der Waals surface area contributed by atoms with Gasteiger partial charge in [-0.3, -0.25) is 4.90 Å². The van der Waals surface area contributed by atoms with E-state index in [4.69, 9.17) is 14.2 Å². The minimum absolute atomic E-state index is 0.216. The second kappa shape index (κ2) is 12.0. The van der Waals surface area contributed by atoms with E-state index < -0.39 is 17.9 Å². The standard InChI is InChI=1S/C25H40N2O5/c1-25(2)27(24(29)31-18-20-12-8-5-9-13-20)21(16-19-10-6-4-7-11-19)23(32-25)22(28)17-26-14-15-30-3/h5,8-9,12-13,19,21-23,26,28H,4,6-7,10-11,14-18H2,1-3H3/t21-,22+,23-/m0/s1. The van der Waals surface area contributed by atoms with Gasteiger partial charge in [0.2, 0.25) is 0 Å². The molecular formula is C25H40N2O5. The lowest BCUT2D eigenvalue weighted by Crippen LogP contribution is -2.51. The average Bonchev–Trinajstić information content (AvgIpc) is 3.06. The van der Waals surface area contributed by atoms with Gasteiger partial charge in [-0.05, 0) is 31.7 Å². The number of carbonyl (C=O) groups is 1. The fourth-order valence-corrected chi connectivity index (χ4v) is 5.04. The second-order valence-corrected chi connectivity index (χ2v) is 9.51. The second-order valence-electron chi connectivity index (χ2n) is 9.51. The van der Waals surface area contributed by atoms with Crippen molar-refractivity contribution in [2.45, 2.75) is 83.0 Å². The summed E-state index contributed by atoms with van der Waals surface area (Å²) in [7, 11) is 1.65. The molecule has 180 valence electrons. The first kappa shape index (κ1) is 25.0. The molecule has 0 bridgehead atoms. The van der Waals surface area contributed by atoms with Crippen molar-refractivity contribution >= 4 is 6.09 Å². The summed E-state index contributed by atoms with van der Waals surface area (Å²) < 4.78 is 17.1. The van der Waals surface area contributed by atoms with Crippen molar-refractivity contribution in [2.75, 3.05) is 26.8 Å². The van der Waals surface area contributed by atoms with Crippen molar-refractivity contribution in [1.29, 1.82) is 0 Å². The van der Waals surface area contributed by atoms with E-state index in [2.05, 4.69) is 5.32 Å². The summed E-state index contributed by atoms with van der Waals surface area (Å²) in [4.78, 5) is 15.0. The summed E-state index contributed by atoms with van der Waals surface area (Å²) in [6, 6.07) is 9.46. The Morgan fingerprint density at radius 3 is 2.66 bits per heavy atom. The van der Waals surface area contributed by atoms with Gasteiger partial charge in [-0.2, -0.15) is 0 Å². The Morgan fingerprint density at radius 1 is 1.25 bits per heavy atom. The average molecular weight is 449 g/mol. The topological polar surface area (TPSA) is 80.3 Å². The number of aliphatic hydroxyl groups is 1. The molecule has 1 saturated carbocycles. The zero-order valence-electron chi connectivity index (χ0n) is 19.8. The molecule has 7 heteroatoms. The van der Waals surface area contributed by atoms with Crippen LogP contribution in [0.2, 0.25) is 0 Å². The van der Waals surface area contributed by atoms with E-state index in [0.717, 1.165) is 12.0 Å².